The van der Waals surface area contributed by atoms with Crippen molar-refractivity contribution in [3.05, 3.63) is 81.1 Å². The Labute approximate surface area is 294 Å². The molecule has 3 aromatic carbocycles. The summed E-state index contributed by atoms with van der Waals surface area (Å²) < 4.78 is 61.3. The number of benzene rings is 3. The first kappa shape index (κ1) is 37.9. The molecule has 8 N–H and O–H groups in total. The molecule has 2 aliphatic heterocycles. The van der Waals surface area contributed by atoms with Crippen LogP contribution in [0.3, 0.4) is 0 Å². The van der Waals surface area contributed by atoms with Crippen LogP contribution in [0.15, 0.2) is 36.4 Å². The van der Waals surface area contributed by atoms with E-state index in [0.717, 1.165) is 23.1 Å². The summed E-state index contributed by atoms with van der Waals surface area (Å²) in [4.78, 5) is 84.6. The zero-order chi connectivity index (χ0) is 38.4. The second-order valence-corrected chi connectivity index (χ2v) is 13.3. The highest BCUT2D eigenvalue weighted by molar-refractivity contribution is 7.60. The highest BCUT2D eigenvalue weighted by atomic mass is 35.5. The number of imide groups is 1. The number of halogens is 4. The maximum Gasteiger partial charge on any atom is 0.547 e. The van der Waals surface area contributed by atoms with Crippen molar-refractivity contribution in [2.24, 2.45) is 0 Å². The minimum atomic E-state index is -5.39. The van der Waals surface area contributed by atoms with Gasteiger partial charge in [0.05, 0.1) is 11.0 Å². The number of hydrogen-bond acceptors (Lipinski definition) is 10. The largest absolute Gasteiger partial charge is 0.547 e. The number of nitrogens with zero attached hydrogens (tertiary/aromatic N) is 2. The van der Waals surface area contributed by atoms with E-state index in [9.17, 15) is 67.4 Å². The van der Waals surface area contributed by atoms with Crippen molar-refractivity contribution in [1.82, 2.24) is 20.4 Å². The molecule has 2 atom stereocenters. The fourth-order valence-corrected chi connectivity index (χ4v) is 6.30. The third-order valence-electron chi connectivity index (χ3n) is 8.09. The number of urea groups is 1. The predicted molar refractivity (Wildman–Crippen MR) is 169 cm³/mol. The Balaban J connectivity index is 1.41. The molecule has 23 heteroatoms. The van der Waals surface area contributed by atoms with Gasteiger partial charge in [0.15, 0.2) is 23.1 Å². The normalized spacial score (nSPS) is 16.6. The van der Waals surface area contributed by atoms with Gasteiger partial charge in [-0.3, -0.25) is 23.8 Å². The number of piperazine rings is 1. The van der Waals surface area contributed by atoms with E-state index in [2.05, 4.69) is 5.32 Å². The molecule has 0 aliphatic carbocycles. The van der Waals surface area contributed by atoms with Crippen LogP contribution < -0.4 is 20.6 Å². The minimum absolute atomic E-state index is 0.0102. The summed E-state index contributed by atoms with van der Waals surface area (Å²) in [6, 6.07) is 1.40. The number of fused-ring (bicyclic) bond motifs is 1. The van der Waals surface area contributed by atoms with Gasteiger partial charge >= 0.3 is 38.5 Å². The molecule has 52 heavy (non-hydrogen) atoms. The van der Waals surface area contributed by atoms with Gasteiger partial charge in [-0.25, -0.2) is 22.8 Å². The molecule has 0 spiro atoms. The third-order valence-corrected chi connectivity index (χ3v) is 9.48. The predicted octanol–water partition coefficient (Wildman–Crippen LogP) is 0.431. The Kier molecular flexibility index (Phi) is 10.5. The Morgan fingerprint density at radius 2 is 1.71 bits per heavy atom. The quantitative estimate of drug-likeness (QED) is 0.0670. The number of nitrogens with one attached hydrogen (secondary N) is 2. The molecule has 2 heterocycles. The topological polar surface area (TPSA) is 264 Å². The van der Waals surface area contributed by atoms with E-state index >= 15 is 4.39 Å². The zero-order valence-corrected chi connectivity index (χ0v) is 27.6. The van der Waals surface area contributed by atoms with Crippen LogP contribution >= 0.6 is 19.2 Å². The van der Waals surface area contributed by atoms with Gasteiger partial charge in [0, 0.05) is 25.2 Å². The van der Waals surface area contributed by atoms with E-state index in [4.69, 9.17) is 16.3 Å². The Morgan fingerprint density at radius 3 is 2.37 bits per heavy atom. The summed E-state index contributed by atoms with van der Waals surface area (Å²) in [5, 5.41) is 41.9. The Hall–Kier alpha value is -5.34. The molecule has 0 radical (unpaired) electrons. The van der Waals surface area contributed by atoms with Crippen molar-refractivity contribution in [1.29, 1.82) is 0 Å². The molecule has 5 rings (SSSR count). The molecular formula is C29H24BClF3N4O13P. The number of hydrogen-bond donors (Lipinski definition) is 8. The van der Waals surface area contributed by atoms with Crippen molar-refractivity contribution in [2.75, 3.05) is 13.1 Å². The lowest BCUT2D eigenvalue weighted by Gasteiger charge is -2.34. The number of phenolic OH excluding ortho intramolecular Hbond substituents is 2. The second-order valence-electron chi connectivity index (χ2n) is 11.4. The maximum absolute atomic E-state index is 15.4. The first-order valence-corrected chi connectivity index (χ1v) is 16.6. The van der Waals surface area contributed by atoms with Crippen LogP contribution in [-0.4, -0.2) is 95.8 Å². The summed E-state index contributed by atoms with van der Waals surface area (Å²) in [6.45, 7) is -1.23. The lowest BCUT2D eigenvalue weighted by Crippen LogP contribution is -2.60. The Morgan fingerprint density at radius 1 is 1.02 bits per heavy atom. The molecule has 0 saturated carbocycles. The molecule has 2 aliphatic rings. The van der Waals surface area contributed by atoms with Gasteiger partial charge in [-0.15, -0.1) is 0 Å². The molecule has 0 bridgehead atoms. The smallest absolute Gasteiger partial charge is 0.534 e. The van der Waals surface area contributed by atoms with Crippen LogP contribution in [0.5, 0.6) is 17.2 Å². The highest BCUT2D eigenvalue weighted by Crippen LogP contribution is 2.38. The summed E-state index contributed by atoms with van der Waals surface area (Å²) in [6.07, 6.45) is -0.421. The van der Waals surface area contributed by atoms with Crippen molar-refractivity contribution < 1.29 is 76.5 Å². The molecule has 274 valence electrons. The monoisotopic (exact) mass is 770 g/mol. The lowest BCUT2D eigenvalue weighted by molar-refractivity contribution is -0.154. The van der Waals surface area contributed by atoms with Gasteiger partial charge in [-0.1, -0.05) is 29.8 Å². The van der Waals surface area contributed by atoms with E-state index in [-0.39, 0.29) is 29.2 Å². The van der Waals surface area contributed by atoms with Gasteiger partial charge in [0.25, 0.3) is 0 Å². The number of carbonyl (C=O) groups excluding carboxylic acids is 4. The summed E-state index contributed by atoms with van der Waals surface area (Å²) in [7, 11) is -7.46. The van der Waals surface area contributed by atoms with Crippen LogP contribution in [0.4, 0.5) is 18.0 Å². The molecule has 3 aromatic rings. The number of rotatable bonds is 8. The van der Waals surface area contributed by atoms with Crippen LogP contribution in [0.2, 0.25) is 5.02 Å². The molecular weight excluding hydrogens is 747 g/mol. The van der Waals surface area contributed by atoms with E-state index in [1.807, 2.05) is 5.32 Å². The van der Waals surface area contributed by atoms with E-state index < -0.39 is 121 Å². The lowest BCUT2D eigenvalue weighted by atomic mass is 9.72. The average molecular weight is 771 g/mol. The number of phenols is 2. The Bertz CT molecular complexity index is 2090. The first-order valence-electron chi connectivity index (χ1n) is 14.7. The fourth-order valence-electron chi connectivity index (χ4n) is 5.46. The van der Waals surface area contributed by atoms with Gasteiger partial charge in [-0.05, 0) is 35.7 Å². The molecule has 1 saturated heterocycles. The number of amides is 5. The van der Waals surface area contributed by atoms with Crippen LogP contribution in [0, 0.1) is 17.5 Å². The minimum Gasteiger partial charge on any atom is -0.534 e. The molecule has 17 nitrogen and oxygen atoms in total. The van der Waals surface area contributed by atoms with Gasteiger partial charge in [0.1, 0.15) is 28.5 Å². The van der Waals surface area contributed by atoms with E-state index in [1.165, 1.54) is 6.07 Å². The number of aromatic hydroxyl groups is 2. The van der Waals surface area contributed by atoms with Crippen molar-refractivity contribution in [3.8, 4) is 17.2 Å². The molecule has 1 unspecified atom stereocenters. The van der Waals surface area contributed by atoms with Crippen molar-refractivity contribution in [3.63, 3.8) is 0 Å². The van der Waals surface area contributed by atoms with E-state index in [1.54, 1.807) is 0 Å². The summed E-state index contributed by atoms with van der Waals surface area (Å²) >= 11 is 6.01. The highest BCUT2D eigenvalue weighted by Gasteiger charge is 2.43. The third kappa shape index (κ3) is 7.21. The van der Waals surface area contributed by atoms with Crippen LogP contribution in [-0.2, 0) is 31.9 Å². The number of carboxylic acid groups (broad SMARTS) is 1. The molecule has 0 aromatic heterocycles. The summed E-state index contributed by atoms with van der Waals surface area (Å²) in [5.74, 6) is -14.5. The number of carbonyl (C=O) groups is 5. The molecule has 5 amide bonds. The van der Waals surface area contributed by atoms with Crippen LogP contribution in [0.1, 0.15) is 33.1 Å². The second kappa shape index (κ2) is 14.4. The van der Waals surface area contributed by atoms with Crippen molar-refractivity contribution >= 4 is 61.3 Å². The zero-order valence-electron chi connectivity index (χ0n) is 25.9. The number of aromatic carboxylic acids is 1. The number of carboxylic acids is 1. The SMILES string of the molecule is O=C(O)c1c(F)ccc2c1OB(O)[C@@H](NC(=O)C(NC(=O)N1CCN(Cc3ccc(O)c(O)c3Cl)C(=O)C1=O)c1ccc(P(=O)(O)O)c(F)c1F)C2. The average Bonchev–Trinajstić information content (AvgIpc) is 3.06. The van der Waals surface area contributed by atoms with E-state index in [0.29, 0.717) is 17.0 Å². The standard InChI is InChI=1S/C29H24BClF3N4O13P/c31-19-12(2-5-15(39)23(19)40)10-37-7-8-38(27(43)26(37)42)29(46)36-22(13-3-6-16(52(48,49)50)21(34)20(13)33)25(41)35-17-9-11-1-4-14(32)18(28(44)45)24(11)51-30(17)47/h1-6,17,22,39-40,47H,7-10H2,(H,35,41)(H,36,46)(H,44,45)(H2,48,49,50)/t17-,22?/m0/s1. The maximum atomic E-state index is 15.4. The summed E-state index contributed by atoms with van der Waals surface area (Å²) in [5.41, 5.74) is -1.84. The van der Waals surface area contributed by atoms with Crippen LogP contribution in [0.25, 0.3) is 0 Å². The first-order chi connectivity index (χ1) is 24.3. The molecule has 1 fully saturated rings. The van der Waals surface area contributed by atoms with Gasteiger partial charge < -0.3 is 50.3 Å². The van der Waals surface area contributed by atoms with Gasteiger partial charge in [-0.2, -0.15) is 0 Å². The fraction of sp³-hybridized carbons (Fsp3) is 0.207. The van der Waals surface area contributed by atoms with Crippen molar-refractivity contribution in [2.45, 2.75) is 24.9 Å². The van der Waals surface area contributed by atoms with Gasteiger partial charge in [0.2, 0.25) is 5.91 Å².